The molecule has 1 aromatic heterocycles. The summed E-state index contributed by atoms with van der Waals surface area (Å²) in [6, 6.07) is 8.87. The van der Waals surface area contributed by atoms with Gasteiger partial charge in [-0.15, -0.1) is 0 Å². The van der Waals surface area contributed by atoms with Crippen LogP contribution < -0.4 is 10.2 Å². The Morgan fingerprint density at radius 1 is 1.17 bits per heavy atom. The molecule has 2 amide bonds. The summed E-state index contributed by atoms with van der Waals surface area (Å²) in [5.41, 5.74) is 4.48. The van der Waals surface area contributed by atoms with Crippen molar-refractivity contribution in [1.82, 2.24) is 10.3 Å². The summed E-state index contributed by atoms with van der Waals surface area (Å²) < 4.78 is 16.2. The van der Waals surface area contributed by atoms with Crippen LogP contribution in [0.2, 0.25) is 0 Å². The van der Waals surface area contributed by atoms with Crippen molar-refractivity contribution in [3.8, 4) is 5.75 Å². The number of benzene rings is 1. The van der Waals surface area contributed by atoms with Crippen molar-refractivity contribution in [2.24, 2.45) is 5.10 Å². The Balaban J connectivity index is 1.53. The highest BCUT2D eigenvalue weighted by Crippen LogP contribution is 2.15. The van der Waals surface area contributed by atoms with Gasteiger partial charge in [-0.1, -0.05) is 0 Å². The topological polar surface area (TPSA) is 93.4 Å². The van der Waals surface area contributed by atoms with Crippen LogP contribution in [0.3, 0.4) is 0 Å². The van der Waals surface area contributed by atoms with E-state index in [1.807, 2.05) is 12.1 Å². The number of rotatable bonds is 6. The predicted molar refractivity (Wildman–Crippen MR) is 107 cm³/mol. The molecule has 0 aliphatic carbocycles. The zero-order chi connectivity index (χ0) is 20.8. The molecule has 0 unspecified atom stereocenters. The minimum absolute atomic E-state index is 0.00799. The van der Waals surface area contributed by atoms with Gasteiger partial charge >= 0.3 is 0 Å². The SMILES string of the molecule is C/C(=N/NC(=O)c1cc(C)oc1C)c1ccc(OCC(=O)N2CCOCC2)cc1. The second-order valence-corrected chi connectivity index (χ2v) is 6.77. The molecule has 3 rings (SSSR count). The van der Waals surface area contributed by atoms with Gasteiger partial charge in [0.15, 0.2) is 6.61 Å². The second kappa shape index (κ2) is 9.38. The summed E-state index contributed by atoms with van der Waals surface area (Å²) in [5, 5.41) is 4.15. The van der Waals surface area contributed by atoms with Crippen molar-refractivity contribution in [2.45, 2.75) is 20.8 Å². The van der Waals surface area contributed by atoms with Crippen LogP contribution in [0.25, 0.3) is 0 Å². The fourth-order valence-electron chi connectivity index (χ4n) is 2.96. The zero-order valence-electron chi connectivity index (χ0n) is 16.9. The number of ether oxygens (including phenoxy) is 2. The average molecular weight is 399 g/mol. The van der Waals surface area contributed by atoms with Crippen LogP contribution in [-0.2, 0) is 9.53 Å². The molecule has 1 saturated heterocycles. The Morgan fingerprint density at radius 2 is 1.86 bits per heavy atom. The van der Waals surface area contributed by atoms with Crippen LogP contribution >= 0.6 is 0 Å². The Hall–Kier alpha value is -3.13. The summed E-state index contributed by atoms with van der Waals surface area (Å²) in [6.45, 7) is 7.64. The minimum atomic E-state index is -0.319. The van der Waals surface area contributed by atoms with Crippen LogP contribution in [0.15, 0.2) is 39.9 Å². The Labute approximate surface area is 169 Å². The van der Waals surface area contributed by atoms with E-state index in [4.69, 9.17) is 13.9 Å². The van der Waals surface area contributed by atoms with Crippen LogP contribution in [0.5, 0.6) is 5.75 Å². The standard InChI is InChI=1S/C21H25N3O5/c1-14-12-19(16(3)29-14)21(26)23-22-15(2)17-4-6-18(7-5-17)28-13-20(25)24-8-10-27-11-9-24/h4-7,12H,8-11,13H2,1-3H3,(H,23,26)/b22-15-. The number of hydrogen-bond donors (Lipinski definition) is 1. The fraction of sp³-hybridized carbons (Fsp3) is 0.381. The smallest absolute Gasteiger partial charge is 0.274 e. The van der Waals surface area contributed by atoms with Gasteiger partial charge in [0.1, 0.15) is 17.3 Å². The molecule has 0 saturated carbocycles. The number of carbonyl (C=O) groups is 2. The largest absolute Gasteiger partial charge is 0.484 e. The lowest BCUT2D eigenvalue weighted by Crippen LogP contribution is -2.42. The predicted octanol–water partition coefficient (Wildman–Crippen LogP) is 2.29. The molecule has 0 spiro atoms. The van der Waals surface area contributed by atoms with Crippen LogP contribution in [0.1, 0.15) is 34.4 Å². The lowest BCUT2D eigenvalue weighted by atomic mass is 10.1. The van der Waals surface area contributed by atoms with E-state index in [0.29, 0.717) is 54.8 Å². The van der Waals surface area contributed by atoms with Gasteiger partial charge in [-0.05, 0) is 56.7 Å². The van der Waals surface area contributed by atoms with Crippen molar-refractivity contribution in [3.05, 3.63) is 53.0 Å². The quantitative estimate of drug-likeness (QED) is 0.594. The Morgan fingerprint density at radius 3 is 2.48 bits per heavy atom. The maximum absolute atomic E-state index is 12.2. The number of aryl methyl sites for hydroxylation is 2. The van der Waals surface area contributed by atoms with E-state index in [2.05, 4.69) is 10.5 Å². The first-order valence-electron chi connectivity index (χ1n) is 9.44. The maximum Gasteiger partial charge on any atom is 0.274 e. The van der Waals surface area contributed by atoms with Crippen molar-refractivity contribution in [3.63, 3.8) is 0 Å². The lowest BCUT2D eigenvalue weighted by molar-refractivity contribution is -0.137. The molecule has 0 radical (unpaired) electrons. The van der Waals surface area contributed by atoms with Gasteiger partial charge in [0, 0.05) is 13.1 Å². The highest BCUT2D eigenvalue weighted by molar-refractivity contribution is 6.01. The average Bonchev–Trinajstić information content (AvgIpc) is 3.09. The molecule has 1 N–H and O–H groups in total. The van der Waals surface area contributed by atoms with Gasteiger partial charge in [-0.2, -0.15) is 5.10 Å². The third-order valence-corrected chi connectivity index (χ3v) is 4.61. The minimum Gasteiger partial charge on any atom is -0.484 e. The zero-order valence-corrected chi connectivity index (χ0v) is 16.9. The first-order chi connectivity index (χ1) is 13.9. The van der Waals surface area contributed by atoms with Gasteiger partial charge < -0.3 is 18.8 Å². The van der Waals surface area contributed by atoms with Crippen LogP contribution in [-0.4, -0.2) is 55.3 Å². The van der Waals surface area contributed by atoms with Gasteiger partial charge in [0.2, 0.25) is 0 Å². The highest BCUT2D eigenvalue weighted by atomic mass is 16.5. The van der Waals surface area contributed by atoms with Crippen molar-refractivity contribution < 1.29 is 23.5 Å². The van der Waals surface area contributed by atoms with E-state index >= 15 is 0 Å². The normalized spacial score (nSPS) is 14.6. The summed E-state index contributed by atoms with van der Waals surface area (Å²) in [6.07, 6.45) is 0. The third kappa shape index (κ3) is 5.45. The van der Waals surface area contributed by atoms with E-state index in [9.17, 15) is 9.59 Å². The summed E-state index contributed by atoms with van der Waals surface area (Å²) >= 11 is 0. The molecule has 2 aromatic rings. The Kier molecular flexibility index (Phi) is 6.66. The summed E-state index contributed by atoms with van der Waals surface area (Å²) in [5.74, 6) is 1.46. The molecule has 0 bridgehead atoms. The number of hydrogen-bond acceptors (Lipinski definition) is 6. The number of nitrogens with zero attached hydrogens (tertiary/aromatic N) is 2. The number of hydrazone groups is 1. The number of morpholine rings is 1. The molecule has 0 atom stereocenters. The van der Waals surface area contributed by atoms with Crippen molar-refractivity contribution in [1.29, 1.82) is 0 Å². The molecule has 1 aliphatic rings. The molecule has 2 heterocycles. The molecule has 29 heavy (non-hydrogen) atoms. The van der Waals surface area contributed by atoms with E-state index in [0.717, 1.165) is 5.56 Å². The van der Waals surface area contributed by atoms with Gasteiger partial charge in [-0.3, -0.25) is 9.59 Å². The van der Waals surface area contributed by atoms with Gasteiger partial charge in [-0.25, -0.2) is 5.43 Å². The molecule has 154 valence electrons. The highest BCUT2D eigenvalue weighted by Gasteiger charge is 2.17. The first kappa shape index (κ1) is 20.6. The van der Waals surface area contributed by atoms with Crippen LogP contribution in [0.4, 0.5) is 0 Å². The lowest BCUT2D eigenvalue weighted by Gasteiger charge is -2.26. The van der Waals surface area contributed by atoms with Crippen molar-refractivity contribution >= 4 is 17.5 Å². The number of carbonyl (C=O) groups excluding carboxylic acids is 2. The summed E-state index contributed by atoms with van der Waals surface area (Å²) in [7, 11) is 0. The van der Waals surface area contributed by atoms with Crippen LogP contribution in [0, 0.1) is 13.8 Å². The molecular formula is C21H25N3O5. The molecular weight excluding hydrogens is 374 g/mol. The molecule has 1 aliphatic heterocycles. The number of nitrogens with one attached hydrogen (secondary N) is 1. The molecule has 1 aromatic carbocycles. The fourth-order valence-corrected chi connectivity index (χ4v) is 2.96. The molecule has 1 fully saturated rings. The van der Waals surface area contributed by atoms with E-state index in [1.165, 1.54) is 0 Å². The van der Waals surface area contributed by atoms with E-state index in [-0.39, 0.29) is 18.4 Å². The number of furan rings is 1. The maximum atomic E-state index is 12.2. The first-order valence-corrected chi connectivity index (χ1v) is 9.44. The van der Waals surface area contributed by atoms with Gasteiger partial charge in [0.05, 0.1) is 24.5 Å². The summed E-state index contributed by atoms with van der Waals surface area (Å²) in [4.78, 5) is 26.1. The monoisotopic (exact) mass is 399 g/mol. The molecule has 8 nitrogen and oxygen atoms in total. The van der Waals surface area contributed by atoms with Crippen molar-refractivity contribution in [2.75, 3.05) is 32.9 Å². The van der Waals surface area contributed by atoms with Gasteiger partial charge in [0.25, 0.3) is 11.8 Å². The second-order valence-electron chi connectivity index (χ2n) is 6.77. The van der Waals surface area contributed by atoms with E-state index < -0.39 is 0 Å². The third-order valence-electron chi connectivity index (χ3n) is 4.61. The Bertz CT molecular complexity index is 896. The van der Waals surface area contributed by atoms with E-state index in [1.54, 1.807) is 43.9 Å². The number of amides is 2. The molecule has 8 heteroatoms.